The molecule has 4 rings (SSSR count). The van der Waals surface area contributed by atoms with Crippen LogP contribution < -0.4 is 0 Å². The van der Waals surface area contributed by atoms with E-state index in [1.165, 1.54) is 0 Å². The largest absolute Gasteiger partial charge is 0.478 e. The zero-order chi connectivity index (χ0) is 24.5. The maximum atomic E-state index is 11.6. The number of fused-ring (bicyclic) bond motifs is 1. The van der Waals surface area contributed by atoms with E-state index in [0.29, 0.717) is 17.7 Å². The molecule has 0 bridgehead atoms. The number of carboxylic acid groups (broad SMARTS) is 1. The zero-order valence-corrected chi connectivity index (χ0v) is 21.6. The van der Waals surface area contributed by atoms with Gasteiger partial charge < -0.3 is 9.67 Å². The van der Waals surface area contributed by atoms with Crippen molar-refractivity contribution in [2.75, 3.05) is 12.5 Å². The van der Waals surface area contributed by atoms with Crippen molar-refractivity contribution in [2.45, 2.75) is 43.8 Å². The Kier molecular flexibility index (Phi) is 7.00. The number of nitrogens with zero attached hydrogens (tertiary/aromatic N) is 4. The van der Waals surface area contributed by atoms with Crippen LogP contribution in [0, 0.1) is 5.41 Å². The highest BCUT2D eigenvalue weighted by atomic mass is 32.2. The Labute approximate surface area is 208 Å². The van der Waals surface area contributed by atoms with Gasteiger partial charge in [0.2, 0.25) is 0 Å². The summed E-state index contributed by atoms with van der Waals surface area (Å²) in [7, 11) is 0. The molecule has 0 unspecified atom stereocenters. The summed E-state index contributed by atoms with van der Waals surface area (Å²) in [5.74, 6) is 0.0925. The number of aromatic nitrogens is 4. The lowest BCUT2D eigenvalue weighted by Gasteiger charge is -2.19. The lowest BCUT2D eigenvalue weighted by Crippen LogP contribution is -2.15. The molecule has 1 N–H and O–H groups in total. The molecule has 0 aliphatic rings. The first-order valence-electron chi connectivity index (χ1n) is 11.0. The Morgan fingerprint density at radius 3 is 2.24 bits per heavy atom. The van der Waals surface area contributed by atoms with Gasteiger partial charge in [-0.15, -0.1) is 33.7 Å². The van der Waals surface area contributed by atoms with Crippen LogP contribution in [0.25, 0.3) is 22.2 Å². The van der Waals surface area contributed by atoms with Crippen LogP contribution in [0.1, 0.15) is 42.5 Å². The summed E-state index contributed by atoms with van der Waals surface area (Å²) >= 11 is 3.14. The topological polar surface area (TPSA) is 80.9 Å². The Morgan fingerprint density at radius 2 is 1.62 bits per heavy atom. The quantitative estimate of drug-likeness (QED) is 0.304. The second kappa shape index (κ2) is 9.80. The molecular formula is C26H28N4O2S2. The third kappa shape index (κ3) is 4.98. The second-order valence-electron chi connectivity index (χ2n) is 9.32. The molecule has 8 heteroatoms. The molecule has 0 spiro atoms. The number of aromatic carboxylic acids is 1. The molecule has 0 aliphatic carbocycles. The lowest BCUT2D eigenvalue weighted by atomic mass is 9.92. The van der Waals surface area contributed by atoms with E-state index < -0.39 is 5.97 Å². The maximum absolute atomic E-state index is 11.6. The van der Waals surface area contributed by atoms with E-state index in [1.807, 2.05) is 36.8 Å². The van der Waals surface area contributed by atoms with Gasteiger partial charge in [0.05, 0.1) is 5.56 Å². The van der Waals surface area contributed by atoms with Gasteiger partial charge in [0.1, 0.15) is 26.9 Å². The van der Waals surface area contributed by atoms with Crippen LogP contribution in [0.5, 0.6) is 0 Å². The van der Waals surface area contributed by atoms with Crippen molar-refractivity contribution in [1.29, 1.82) is 0 Å². The first-order valence-corrected chi connectivity index (χ1v) is 13.4. The molecule has 2 aromatic carbocycles. The Balaban J connectivity index is 1.78. The van der Waals surface area contributed by atoms with Gasteiger partial charge in [-0.05, 0) is 40.7 Å². The lowest BCUT2D eigenvalue weighted by molar-refractivity contribution is 0.0697. The number of rotatable bonds is 7. The fourth-order valence-electron chi connectivity index (χ4n) is 4.00. The number of hydrogen-bond donors (Lipinski definition) is 1. The molecular weight excluding hydrogens is 464 g/mol. The van der Waals surface area contributed by atoms with Crippen molar-refractivity contribution in [3.05, 3.63) is 65.5 Å². The number of hydrogen-bond acceptors (Lipinski definition) is 6. The molecule has 0 saturated heterocycles. The average molecular weight is 493 g/mol. The highest BCUT2D eigenvalue weighted by Gasteiger charge is 2.23. The first-order chi connectivity index (χ1) is 16.2. The predicted molar refractivity (Wildman–Crippen MR) is 140 cm³/mol. The molecule has 2 aromatic heterocycles. The van der Waals surface area contributed by atoms with E-state index in [4.69, 9.17) is 4.98 Å². The zero-order valence-electron chi connectivity index (χ0n) is 20.0. The normalized spacial score (nSPS) is 11.8. The van der Waals surface area contributed by atoms with E-state index in [0.717, 1.165) is 44.5 Å². The fraction of sp³-hybridized carbons (Fsp3) is 0.308. The van der Waals surface area contributed by atoms with Crippen LogP contribution in [-0.4, -0.2) is 43.3 Å². The molecule has 2 heterocycles. The highest BCUT2D eigenvalue weighted by Crippen LogP contribution is 2.33. The summed E-state index contributed by atoms with van der Waals surface area (Å²) in [6.07, 6.45) is 4.84. The van der Waals surface area contributed by atoms with Crippen LogP contribution in [0.4, 0.5) is 0 Å². The van der Waals surface area contributed by atoms with E-state index >= 15 is 0 Å². The van der Waals surface area contributed by atoms with Crippen LogP contribution >= 0.6 is 23.5 Å². The molecule has 0 aliphatic heterocycles. The monoisotopic (exact) mass is 492 g/mol. The SMILES string of the molecule is CSc1nnc(SC)c2c1nc(CC(C)(C)C)n2Cc1ccc(-c2ccccc2C(=O)O)cc1. The fourth-order valence-corrected chi connectivity index (χ4v) is 4.98. The summed E-state index contributed by atoms with van der Waals surface area (Å²) < 4.78 is 2.26. The Bertz CT molecular complexity index is 1340. The van der Waals surface area contributed by atoms with Crippen molar-refractivity contribution < 1.29 is 9.90 Å². The molecule has 0 amide bonds. The average Bonchev–Trinajstić information content (AvgIpc) is 3.15. The van der Waals surface area contributed by atoms with E-state index in [9.17, 15) is 9.90 Å². The number of carboxylic acids is 1. The van der Waals surface area contributed by atoms with Crippen LogP contribution in [0.15, 0.2) is 58.6 Å². The predicted octanol–water partition coefficient (Wildman–Crippen LogP) is 6.27. The van der Waals surface area contributed by atoms with Gasteiger partial charge in [-0.25, -0.2) is 9.78 Å². The van der Waals surface area contributed by atoms with Crippen LogP contribution in [0.3, 0.4) is 0 Å². The van der Waals surface area contributed by atoms with Gasteiger partial charge in [0, 0.05) is 13.0 Å². The van der Waals surface area contributed by atoms with E-state index in [1.54, 1.807) is 35.7 Å². The Morgan fingerprint density at radius 1 is 0.971 bits per heavy atom. The molecule has 34 heavy (non-hydrogen) atoms. The summed E-state index contributed by atoms with van der Waals surface area (Å²) in [4.78, 5) is 16.7. The van der Waals surface area contributed by atoms with Crippen molar-refractivity contribution in [3.8, 4) is 11.1 Å². The molecule has 6 nitrogen and oxygen atoms in total. The molecule has 0 atom stereocenters. The van der Waals surface area contributed by atoms with E-state index in [-0.39, 0.29) is 5.41 Å². The van der Waals surface area contributed by atoms with Crippen molar-refractivity contribution in [1.82, 2.24) is 19.7 Å². The highest BCUT2D eigenvalue weighted by molar-refractivity contribution is 7.99. The van der Waals surface area contributed by atoms with Gasteiger partial charge in [-0.2, -0.15) is 0 Å². The first kappa shape index (κ1) is 24.3. The van der Waals surface area contributed by atoms with Crippen LogP contribution in [0.2, 0.25) is 0 Å². The summed E-state index contributed by atoms with van der Waals surface area (Å²) in [5, 5.41) is 20.1. The summed E-state index contributed by atoms with van der Waals surface area (Å²) in [6.45, 7) is 7.29. The smallest absolute Gasteiger partial charge is 0.336 e. The minimum absolute atomic E-state index is 0.0728. The van der Waals surface area contributed by atoms with Gasteiger partial charge in [-0.1, -0.05) is 63.2 Å². The number of thioether (sulfide) groups is 2. The Hall–Kier alpha value is -2.84. The number of carbonyl (C=O) groups is 1. The third-order valence-corrected chi connectivity index (χ3v) is 6.85. The van der Waals surface area contributed by atoms with Gasteiger partial charge in [-0.3, -0.25) is 0 Å². The van der Waals surface area contributed by atoms with Crippen LogP contribution in [-0.2, 0) is 13.0 Å². The minimum atomic E-state index is -0.924. The standard InChI is InChI=1S/C26H28N4O2S2/c1-26(2,3)14-20-27-21-22(24(34-5)29-28-23(21)33-4)30(20)15-16-10-12-17(13-11-16)18-8-6-7-9-19(18)25(31)32/h6-13H,14-15H2,1-5H3,(H,31,32). The third-order valence-electron chi connectivity index (χ3n) is 5.52. The number of benzene rings is 2. The van der Waals surface area contributed by atoms with E-state index in [2.05, 4.69) is 47.7 Å². The molecule has 0 fully saturated rings. The minimum Gasteiger partial charge on any atom is -0.478 e. The molecule has 4 aromatic rings. The van der Waals surface area contributed by atoms with Crippen molar-refractivity contribution in [3.63, 3.8) is 0 Å². The molecule has 0 saturated carbocycles. The molecule has 0 radical (unpaired) electrons. The van der Waals surface area contributed by atoms with Gasteiger partial charge in [0.25, 0.3) is 0 Å². The number of imidazole rings is 1. The van der Waals surface area contributed by atoms with Gasteiger partial charge in [0.15, 0.2) is 0 Å². The maximum Gasteiger partial charge on any atom is 0.336 e. The second-order valence-corrected chi connectivity index (χ2v) is 10.9. The summed E-state index contributed by atoms with van der Waals surface area (Å²) in [6, 6.07) is 15.2. The van der Waals surface area contributed by atoms with Gasteiger partial charge >= 0.3 is 5.97 Å². The summed E-state index contributed by atoms with van der Waals surface area (Å²) in [5.41, 5.74) is 5.00. The van der Waals surface area contributed by atoms with Crippen molar-refractivity contribution >= 4 is 40.5 Å². The van der Waals surface area contributed by atoms with Crippen molar-refractivity contribution in [2.24, 2.45) is 5.41 Å². The molecule has 176 valence electrons.